The van der Waals surface area contributed by atoms with Gasteiger partial charge in [0.2, 0.25) is 0 Å². The Morgan fingerprint density at radius 1 is 1.28 bits per heavy atom. The Bertz CT molecular complexity index is 964. The molecule has 0 fully saturated rings. The van der Waals surface area contributed by atoms with E-state index in [4.69, 9.17) is 0 Å². The molecule has 0 bridgehead atoms. The molecule has 2 N–H and O–H groups in total. The maximum Gasteiger partial charge on any atom is 0.320 e. The third-order valence-corrected chi connectivity index (χ3v) is 3.89. The van der Waals surface area contributed by atoms with E-state index in [1.165, 1.54) is 18.3 Å². The Hall–Kier alpha value is -3.03. The van der Waals surface area contributed by atoms with Crippen LogP contribution in [0.5, 0.6) is 0 Å². The van der Waals surface area contributed by atoms with Crippen LogP contribution in [-0.4, -0.2) is 27.0 Å². The number of hydrogen-bond acceptors (Lipinski definition) is 3. The second kappa shape index (κ2) is 6.84. The lowest BCUT2D eigenvalue weighted by Crippen LogP contribution is -2.32. The molecule has 0 aliphatic heterocycles. The quantitative estimate of drug-likeness (QED) is 0.745. The minimum Gasteiger partial charge on any atom is -0.351 e. The van der Waals surface area contributed by atoms with Crippen LogP contribution in [-0.2, 0) is 0 Å². The Kier molecular flexibility index (Phi) is 4.60. The molecule has 0 unspecified atom stereocenters. The first-order valence-corrected chi connectivity index (χ1v) is 7.70. The van der Waals surface area contributed by atoms with E-state index in [1.54, 1.807) is 31.2 Å². The van der Waals surface area contributed by atoms with Gasteiger partial charge >= 0.3 is 6.55 Å². The van der Waals surface area contributed by atoms with E-state index in [0.717, 1.165) is 4.57 Å². The van der Waals surface area contributed by atoms with Gasteiger partial charge in [0.15, 0.2) is 0 Å². The number of imidazole rings is 1. The van der Waals surface area contributed by atoms with Crippen molar-refractivity contribution in [3.8, 4) is 0 Å². The number of pyridine rings is 1. The number of H-pyrrole nitrogens is 1. The summed E-state index contributed by atoms with van der Waals surface area (Å²) in [5.41, 5.74) is 0.269. The van der Waals surface area contributed by atoms with Gasteiger partial charge < -0.3 is 10.3 Å². The van der Waals surface area contributed by atoms with Gasteiger partial charge in [-0.3, -0.25) is 14.2 Å². The first-order chi connectivity index (χ1) is 12.0. The van der Waals surface area contributed by atoms with Crippen LogP contribution in [0.4, 0.5) is 8.78 Å². The van der Waals surface area contributed by atoms with Gasteiger partial charge in [-0.05, 0) is 24.3 Å². The van der Waals surface area contributed by atoms with E-state index >= 15 is 0 Å². The molecule has 130 valence electrons. The van der Waals surface area contributed by atoms with Crippen LogP contribution in [0.2, 0.25) is 0 Å². The lowest BCUT2D eigenvalue weighted by molar-refractivity contribution is 0.0704. The number of para-hydroxylation sites is 2. The molecular formula is C17H16F2N4O2. The molecule has 0 saturated carbocycles. The van der Waals surface area contributed by atoms with Gasteiger partial charge in [0.05, 0.1) is 11.0 Å². The van der Waals surface area contributed by atoms with Crippen molar-refractivity contribution in [2.24, 2.45) is 0 Å². The summed E-state index contributed by atoms with van der Waals surface area (Å²) in [5.74, 6) is -0.847. The van der Waals surface area contributed by atoms with Crippen LogP contribution in [0.25, 0.3) is 11.0 Å². The normalized spacial score (nSPS) is 12.5. The lowest BCUT2D eigenvalue weighted by atomic mass is 10.1. The maximum atomic E-state index is 13.5. The fourth-order valence-corrected chi connectivity index (χ4v) is 2.65. The number of amides is 1. The minimum atomic E-state index is -2.74. The van der Waals surface area contributed by atoms with Gasteiger partial charge in [-0.15, -0.1) is 0 Å². The van der Waals surface area contributed by atoms with Crippen molar-refractivity contribution >= 4 is 16.9 Å². The zero-order valence-corrected chi connectivity index (χ0v) is 13.4. The predicted octanol–water partition coefficient (Wildman–Crippen LogP) is 2.65. The number of carbonyl (C=O) groups excluding carboxylic acids is 1. The van der Waals surface area contributed by atoms with Gasteiger partial charge in [-0.2, -0.15) is 8.78 Å². The fourth-order valence-electron chi connectivity index (χ4n) is 2.65. The largest absolute Gasteiger partial charge is 0.351 e. The maximum absolute atomic E-state index is 13.5. The van der Waals surface area contributed by atoms with E-state index in [0.29, 0.717) is 11.0 Å². The zero-order valence-electron chi connectivity index (χ0n) is 13.4. The van der Waals surface area contributed by atoms with Crippen molar-refractivity contribution in [1.29, 1.82) is 0 Å². The molecule has 0 aliphatic rings. The highest BCUT2D eigenvalue weighted by molar-refractivity contribution is 5.93. The molecule has 0 spiro atoms. The Labute approximate surface area is 141 Å². The first kappa shape index (κ1) is 16.8. The summed E-state index contributed by atoms with van der Waals surface area (Å²) < 4.78 is 27.8. The second-order valence-electron chi connectivity index (χ2n) is 5.63. The van der Waals surface area contributed by atoms with Crippen LogP contribution in [0.1, 0.15) is 35.6 Å². The van der Waals surface area contributed by atoms with E-state index in [-0.39, 0.29) is 17.9 Å². The first-order valence-electron chi connectivity index (χ1n) is 7.70. The number of halogens is 2. The highest BCUT2D eigenvalue weighted by atomic mass is 19.3. The Morgan fingerprint density at radius 2 is 2.04 bits per heavy atom. The van der Waals surface area contributed by atoms with E-state index in [9.17, 15) is 18.4 Å². The second-order valence-corrected chi connectivity index (χ2v) is 5.63. The molecule has 3 aromatic rings. The molecular weight excluding hydrogens is 330 g/mol. The van der Waals surface area contributed by atoms with Gasteiger partial charge in [-0.25, -0.2) is 4.98 Å². The molecule has 6 nitrogen and oxygen atoms in total. The number of rotatable bonds is 5. The van der Waals surface area contributed by atoms with Gasteiger partial charge in [0, 0.05) is 18.7 Å². The van der Waals surface area contributed by atoms with Crippen LogP contribution < -0.4 is 10.9 Å². The highest BCUT2D eigenvalue weighted by Crippen LogP contribution is 2.27. The van der Waals surface area contributed by atoms with Crippen molar-refractivity contribution in [2.75, 3.05) is 6.54 Å². The number of aromatic amines is 1. The van der Waals surface area contributed by atoms with Gasteiger partial charge in [0.25, 0.3) is 11.5 Å². The molecule has 0 aliphatic carbocycles. The molecule has 8 heteroatoms. The topological polar surface area (TPSA) is 79.8 Å². The van der Waals surface area contributed by atoms with Crippen LogP contribution >= 0.6 is 0 Å². The smallest absolute Gasteiger partial charge is 0.320 e. The minimum absolute atomic E-state index is 0.0305. The summed E-state index contributed by atoms with van der Waals surface area (Å²) in [6.45, 7) is -0.976. The molecule has 3 rings (SSSR count). The van der Waals surface area contributed by atoms with E-state index in [1.807, 2.05) is 0 Å². The Morgan fingerprint density at radius 3 is 2.76 bits per heavy atom. The summed E-state index contributed by atoms with van der Waals surface area (Å²) in [4.78, 5) is 30.4. The predicted molar refractivity (Wildman–Crippen MR) is 88.8 cm³/mol. The third kappa shape index (κ3) is 3.28. The number of alkyl halides is 2. The van der Waals surface area contributed by atoms with Gasteiger partial charge in [0.1, 0.15) is 11.4 Å². The monoisotopic (exact) mass is 346 g/mol. The highest BCUT2D eigenvalue weighted by Gasteiger charge is 2.22. The zero-order chi connectivity index (χ0) is 18.0. The number of aromatic nitrogens is 3. The average Bonchev–Trinajstić information content (AvgIpc) is 2.99. The molecule has 0 radical (unpaired) electrons. The van der Waals surface area contributed by atoms with Crippen molar-refractivity contribution < 1.29 is 13.6 Å². The molecule has 0 saturated heterocycles. The van der Waals surface area contributed by atoms with Crippen molar-refractivity contribution in [3.63, 3.8) is 0 Å². The number of carbonyl (C=O) groups is 1. The summed E-state index contributed by atoms with van der Waals surface area (Å²) >= 11 is 0. The SMILES string of the molecule is C[C@H](CNC(=O)c1ccc[nH]c1=O)c1nc2ccccc2n1C(F)F. The third-order valence-electron chi connectivity index (χ3n) is 3.89. The van der Waals surface area contributed by atoms with Crippen molar-refractivity contribution in [1.82, 2.24) is 19.9 Å². The number of nitrogens with one attached hydrogen (secondary N) is 2. The van der Waals surface area contributed by atoms with Crippen LogP contribution in [0, 0.1) is 0 Å². The number of benzene rings is 1. The molecule has 2 heterocycles. The Balaban J connectivity index is 1.82. The number of fused-ring (bicyclic) bond motifs is 1. The molecule has 25 heavy (non-hydrogen) atoms. The summed E-state index contributed by atoms with van der Waals surface area (Å²) in [7, 11) is 0. The number of hydrogen-bond donors (Lipinski definition) is 2. The van der Waals surface area contributed by atoms with Gasteiger partial charge in [-0.1, -0.05) is 19.1 Å². The number of nitrogens with zero attached hydrogens (tertiary/aromatic N) is 2. The molecule has 1 amide bonds. The standard InChI is InChI=1S/C17H16F2N4O2/c1-10(9-21-16(25)11-5-4-8-20-15(11)24)14-22-12-6-2-3-7-13(12)23(14)17(18)19/h2-8,10,17H,9H2,1H3,(H,20,24)(H,21,25)/t10-/m1/s1. The lowest BCUT2D eigenvalue weighted by Gasteiger charge is -2.14. The fraction of sp³-hybridized carbons (Fsp3) is 0.235. The van der Waals surface area contributed by atoms with E-state index < -0.39 is 23.9 Å². The van der Waals surface area contributed by atoms with Crippen LogP contribution in [0.3, 0.4) is 0 Å². The van der Waals surface area contributed by atoms with Crippen molar-refractivity contribution in [3.05, 3.63) is 64.3 Å². The summed E-state index contributed by atoms with van der Waals surface area (Å²) in [6, 6.07) is 9.56. The molecule has 1 atom stereocenters. The van der Waals surface area contributed by atoms with Crippen LogP contribution in [0.15, 0.2) is 47.4 Å². The summed E-state index contributed by atoms with van der Waals surface area (Å²) in [6.07, 6.45) is 1.42. The van der Waals surface area contributed by atoms with Crippen molar-refractivity contribution in [2.45, 2.75) is 19.4 Å². The summed E-state index contributed by atoms with van der Waals surface area (Å²) in [5, 5.41) is 2.59. The molecule has 1 aromatic carbocycles. The average molecular weight is 346 g/mol. The van der Waals surface area contributed by atoms with E-state index in [2.05, 4.69) is 15.3 Å². The molecule has 2 aromatic heterocycles.